The predicted molar refractivity (Wildman–Crippen MR) is 86.6 cm³/mol. The van der Waals surface area contributed by atoms with E-state index in [1.165, 1.54) is 0 Å². The van der Waals surface area contributed by atoms with E-state index in [4.69, 9.17) is 45.9 Å². The van der Waals surface area contributed by atoms with Gasteiger partial charge in [0.1, 0.15) is 21.5 Å². The van der Waals surface area contributed by atoms with Crippen molar-refractivity contribution in [3.8, 4) is 11.5 Å². The van der Waals surface area contributed by atoms with Crippen molar-refractivity contribution in [2.24, 2.45) is 5.73 Å². The molecular weight excluding hydrogens is 369 g/mol. The molecule has 0 aliphatic heterocycles. The maximum atomic E-state index is 6.06. The van der Waals surface area contributed by atoms with Gasteiger partial charge in [-0.3, -0.25) is 0 Å². The molecule has 0 aromatic heterocycles. The van der Waals surface area contributed by atoms with Crippen LogP contribution in [0.4, 0.5) is 0 Å². The van der Waals surface area contributed by atoms with Crippen LogP contribution in [-0.4, -0.2) is 4.99 Å². The van der Waals surface area contributed by atoms with Gasteiger partial charge in [-0.15, -0.1) is 0 Å². The molecule has 2 aromatic rings. The monoisotopic (exact) mass is 375 g/mol. The average molecular weight is 377 g/mol. The van der Waals surface area contributed by atoms with E-state index >= 15 is 0 Å². The van der Waals surface area contributed by atoms with Gasteiger partial charge < -0.3 is 10.5 Å². The summed E-state index contributed by atoms with van der Waals surface area (Å²) in [6, 6.07) is 10.5. The maximum absolute atomic E-state index is 6.06. The minimum Gasteiger partial charge on any atom is -0.456 e. The highest BCUT2D eigenvalue weighted by molar-refractivity contribution is 9.10. The molecule has 0 aliphatic rings. The standard InChI is InChI=1S/C13H8BrCl2NOS/c14-9-6-7(4-5-8(9)13(17)19)18-11-3-1-2-10(15)12(11)16/h1-6H,(H2,17,19). The number of nitrogens with two attached hydrogens (primary N) is 1. The van der Waals surface area contributed by atoms with Crippen molar-refractivity contribution in [2.45, 2.75) is 0 Å². The number of benzene rings is 2. The summed E-state index contributed by atoms with van der Waals surface area (Å²) in [5, 5.41) is 0.816. The lowest BCUT2D eigenvalue weighted by Crippen LogP contribution is -2.09. The maximum Gasteiger partial charge on any atom is 0.147 e. The molecular formula is C13H8BrCl2NOS. The number of hydrogen-bond acceptors (Lipinski definition) is 2. The summed E-state index contributed by atoms with van der Waals surface area (Å²) in [6.45, 7) is 0. The lowest BCUT2D eigenvalue weighted by Gasteiger charge is -2.10. The van der Waals surface area contributed by atoms with Crippen molar-refractivity contribution in [3.63, 3.8) is 0 Å². The third-order valence-electron chi connectivity index (χ3n) is 2.35. The molecule has 0 atom stereocenters. The van der Waals surface area contributed by atoms with E-state index in [1.807, 2.05) is 0 Å². The third kappa shape index (κ3) is 3.39. The zero-order valence-electron chi connectivity index (χ0n) is 9.49. The first-order valence-corrected chi connectivity index (χ1v) is 7.16. The van der Waals surface area contributed by atoms with Crippen LogP contribution in [0.2, 0.25) is 10.0 Å². The molecule has 0 fully saturated rings. The van der Waals surface area contributed by atoms with Crippen LogP contribution in [0.15, 0.2) is 40.9 Å². The number of rotatable bonds is 3. The Balaban J connectivity index is 2.32. The van der Waals surface area contributed by atoms with Gasteiger partial charge in [0.25, 0.3) is 0 Å². The molecule has 19 heavy (non-hydrogen) atoms. The lowest BCUT2D eigenvalue weighted by atomic mass is 10.2. The van der Waals surface area contributed by atoms with Gasteiger partial charge in [0, 0.05) is 10.0 Å². The molecule has 2 rings (SSSR count). The molecule has 6 heteroatoms. The second-order valence-electron chi connectivity index (χ2n) is 3.66. The van der Waals surface area contributed by atoms with Gasteiger partial charge in [-0.25, -0.2) is 0 Å². The SMILES string of the molecule is NC(=S)c1ccc(Oc2cccc(Cl)c2Cl)cc1Br. The highest BCUT2D eigenvalue weighted by atomic mass is 79.9. The quantitative estimate of drug-likeness (QED) is 0.749. The minimum atomic E-state index is 0.319. The van der Waals surface area contributed by atoms with Gasteiger partial charge in [-0.2, -0.15) is 0 Å². The summed E-state index contributed by atoms with van der Waals surface area (Å²) in [5.41, 5.74) is 6.33. The van der Waals surface area contributed by atoms with Crippen LogP contribution < -0.4 is 10.5 Å². The first-order chi connectivity index (χ1) is 8.99. The summed E-state index contributed by atoms with van der Waals surface area (Å²) >= 11 is 20.3. The third-order valence-corrected chi connectivity index (χ3v) is 4.03. The van der Waals surface area contributed by atoms with Crippen LogP contribution in [0.25, 0.3) is 0 Å². The molecule has 0 saturated heterocycles. The van der Waals surface area contributed by atoms with Crippen molar-refractivity contribution in [2.75, 3.05) is 0 Å². The summed E-state index contributed by atoms with van der Waals surface area (Å²) in [5.74, 6) is 1.10. The predicted octanol–water partition coefficient (Wildman–Crippen LogP) is 5.18. The average Bonchev–Trinajstić information content (AvgIpc) is 2.34. The fourth-order valence-electron chi connectivity index (χ4n) is 1.45. The van der Waals surface area contributed by atoms with Crippen LogP contribution in [-0.2, 0) is 0 Å². The van der Waals surface area contributed by atoms with Crippen molar-refractivity contribution >= 4 is 56.3 Å². The summed E-state index contributed by atoms with van der Waals surface area (Å²) in [6.07, 6.45) is 0. The van der Waals surface area contributed by atoms with Gasteiger partial charge >= 0.3 is 0 Å². The van der Waals surface area contributed by atoms with E-state index in [-0.39, 0.29) is 0 Å². The minimum absolute atomic E-state index is 0.319. The van der Waals surface area contributed by atoms with Crippen molar-refractivity contribution < 1.29 is 4.74 Å². The molecule has 0 aliphatic carbocycles. The Kier molecular flexibility index (Phi) is 4.68. The number of halogens is 3. The molecule has 0 spiro atoms. The number of hydrogen-bond donors (Lipinski definition) is 1. The zero-order chi connectivity index (χ0) is 14.0. The molecule has 2 N–H and O–H groups in total. The fraction of sp³-hybridized carbons (Fsp3) is 0. The molecule has 0 bridgehead atoms. The van der Waals surface area contributed by atoms with E-state index in [0.717, 1.165) is 10.0 Å². The molecule has 0 heterocycles. The highest BCUT2D eigenvalue weighted by Gasteiger charge is 2.09. The summed E-state index contributed by atoms with van der Waals surface area (Å²) in [7, 11) is 0. The Morgan fingerprint density at radius 2 is 1.95 bits per heavy atom. The largest absolute Gasteiger partial charge is 0.456 e. The lowest BCUT2D eigenvalue weighted by molar-refractivity contribution is 0.482. The van der Waals surface area contributed by atoms with E-state index in [9.17, 15) is 0 Å². The molecule has 2 aromatic carbocycles. The van der Waals surface area contributed by atoms with Crippen molar-refractivity contribution in [3.05, 3.63) is 56.5 Å². The zero-order valence-corrected chi connectivity index (χ0v) is 13.4. The summed E-state index contributed by atoms with van der Waals surface area (Å²) < 4.78 is 6.43. The Morgan fingerprint density at radius 1 is 1.21 bits per heavy atom. The Hall–Kier alpha value is -0.810. The second kappa shape index (κ2) is 6.09. The van der Waals surface area contributed by atoms with Crippen LogP contribution in [0.3, 0.4) is 0 Å². The first kappa shape index (κ1) is 14.6. The van der Waals surface area contributed by atoms with Crippen molar-refractivity contribution in [1.29, 1.82) is 0 Å². The Bertz CT molecular complexity index is 649. The number of thiocarbonyl (C=S) groups is 1. The normalized spacial score (nSPS) is 10.3. The molecule has 0 saturated carbocycles. The Labute approximate surface area is 134 Å². The fourth-order valence-corrected chi connectivity index (χ4v) is 2.66. The van der Waals surface area contributed by atoms with Crippen LogP contribution in [0.5, 0.6) is 11.5 Å². The highest BCUT2D eigenvalue weighted by Crippen LogP contribution is 2.35. The van der Waals surface area contributed by atoms with E-state index < -0.39 is 0 Å². The van der Waals surface area contributed by atoms with Crippen molar-refractivity contribution in [1.82, 2.24) is 0 Å². The molecule has 98 valence electrons. The van der Waals surface area contributed by atoms with Crippen LogP contribution in [0, 0.1) is 0 Å². The van der Waals surface area contributed by atoms with E-state index in [2.05, 4.69) is 15.9 Å². The van der Waals surface area contributed by atoms with E-state index in [0.29, 0.717) is 26.5 Å². The molecule has 0 radical (unpaired) electrons. The smallest absolute Gasteiger partial charge is 0.147 e. The molecule has 0 amide bonds. The first-order valence-electron chi connectivity index (χ1n) is 5.20. The Morgan fingerprint density at radius 3 is 2.58 bits per heavy atom. The number of ether oxygens (including phenoxy) is 1. The van der Waals surface area contributed by atoms with Crippen LogP contribution >= 0.6 is 51.3 Å². The van der Waals surface area contributed by atoms with Gasteiger partial charge in [-0.05, 0) is 46.3 Å². The van der Waals surface area contributed by atoms with Gasteiger partial charge in [0.15, 0.2) is 0 Å². The topological polar surface area (TPSA) is 35.2 Å². The van der Waals surface area contributed by atoms with Gasteiger partial charge in [0.2, 0.25) is 0 Å². The van der Waals surface area contributed by atoms with E-state index in [1.54, 1.807) is 36.4 Å². The molecule has 0 unspecified atom stereocenters. The second-order valence-corrected chi connectivity index (χ2v) is 5.74. The van der Waals surface area contributed by atoms with Crippen LogP contribution in [0.1, 0.15) is 5.56 Å². The van der Waals surface area contributed by atoms with Gasteiger partial charge in [-0.1, -0.05) is 41.5 Å². The molecule has 2 nitrogen and oxygen atoms in total. The summed E-state index contributed by atoms with van der Waals surface area (Å²) in [4.78, 5) is 0.319. The van der Waals surface area contributed by atoms with Gasteiger partial charge in [0.05, 0.1) is 5.02 Å².